The Balaban J connectivity index is 0.000000192. The maximum Gasteiger partial charge on any atom is 0.407 e. The number of hydrogen-bond acceptors (Lipinski definition) is 23. The predicted octanol–water partition coefficient (Wildman–Crippen LogP) is 21.5. The lowest BCUT2D eigenvalue weighted by Gasteiger charge is -2.29. The summed E-state index contributed by atoms with van der Waals surface area (Å²) in [6.45, 7) is 33.7. The maximum absolute atomic E-state index is 13.6. The van der Waals surface area contributed by atoms with E-state index in [-0.39, 0.29) is 45.7 Å². The number of nitrogens with zero attached hydrogens (tertiary/aromatic N) is 12. The molecule has 2 fully saturated rings. The number of rotatable bonds is 24. The zero-order valence-corrected chi connectivity index (χ0v) is 85.5. The molecule has 6 aromatic carbocycles. The lowest BCUT2D eigenvalue weighted by molar-refractivity contribution is 0.0518. The summed E-state index contributed by atoms with van der Waals surface area (Å²) in [5.74, 6) is -0.589. The van der Waals surface area contributed by atoms with Gasteiger partial charge in [-0.05, 0) is 348 Å². The number of morpholine rings is 2. The number of pyridine rings is 5. The molecule has 2 saturated heterocycles. The SMILES string of the molecule is C1COCCN1.C=CCNC(=O)OC(C)(C)C.Cc1ccc(Br)cn1.Cc1ccc(CCCN)cn1.Cc1ccc(CCCNC(=O)OC(C)(C)C)cn1.Cc1ccc(CCCNC(=O)c2ccc3nc(Cl)c(-c4ccc(F)cc4)nc3c2)cn1.Cc1ccc(CCCNC(=O)c2ccc3nc(N4CCOCC4)c(-c4ccc(F)cc4)nc3c2)cn1.O=C(Cl)c1ccc2nc(Cl)c(-c3ccc(F)cc3)nc2c1. The molecule has 0 radical (unpaired) electrons. The van der Waals surface area contributed by atoms with Crippen LogP contribution in [-0.4, -0.2) is 181 Å². The van der Waals surface area contributed by atoms with E-state index >= 15 is 0 Å². The monoisotopic (exact) mass is 2050 g/mol. The van der Waals surface area contributed by atoms with Gasteiger partial charge in [-0.1, -0.05) is 53.5 Å². The van der Waals surface area contributed by atoms with E-state index in [4.69, 9.17) is 69.5 Å². The van der Waals surface area contributed by atoms with Gasteiger partial charge in [0.2, 0.25) is 0 Å². The van der Waals surface area contributed by atoms with Crippen LogP contribution in [0, 0.1) is 52.1 Å². The molecule has 142 heavy (non-hydrogen) atoms. The Morgan fingerprint density at radius 3 is 1.12 bits per heavy atom. The van der Waals surface area contributed by atoms with E-state index in [1.54, 1.807) is 97.2 Å². The molecule has 8 aromatic heterocycles. The molecule has 14 aromatic rings. The second-order valence-corrected chi connectivity index (χ2v) is 36.6. The topological polar surface area (TPSA) is 353 Å². The second kappa shape index (κ2) is 58.2. The van der Waals surface area contributed by atoms with Crippen LogP contribution in [0.5, 0.6) is 0 Å². The summed E-state index contributed by atoms with van der Waals surface area (Å²) in [6.07, 6.45) is 17.4. The number of nitrogens with two attached hydrogens (primary N) is 1. The van der Waals surface area contributed by atoms with Gasteiger partial charge in [0, 0.05) is 150 Å². The van der Waals surface area contributed by atoms with Gasteiger partial charge in [0.05, 0.1) is 59.5 Å². The molecule has 27 nitrogen and oxygen atoms in total. The number of carbonyl (C=O) groups is 5. The summed E-state index contributed by atoms with van der Waals surface area (Å²) in [6, 6.07) is 53.3. The normalized spacial score (nSPS) is 12.0. The van der Waals surface area contributed by atoms with Crippen molar-refractivity contribution in [3.05, 3.63) is 331 Å². The standard InChI is InChI=1S/C28H28FN5O2.C24H20ClFN4O.C15H7Cl2FN2O.C14H22N2O2.C9H14N2.C8H15NO2.C6H6BrN.C4H9NO/c1-19-4-5-20(18-31-19)3-2-12-30-28(35)22-8-11-24-25(17-22)32-26(21-6-9-23(29)10-7-21)27(33-24)34-13-15-36-16-14-34;1-15-4-5-16(14-28-15)3-2-12-27-24(31)18-8-11-20-21(13-18)29-22(23(25)30-20)17-6-9-19(26)10-7-17;16-14-13(8-1-4-10(18)5-2-8)19-12-7-9(15(17)21)3-6-11(12)20-14;1-11-7-8-12(10-16-11)6-5-9-15-13(17)18-14(2,3)4;1-8-4-5-9(7-11-8)3-2-6-10;1-5-6-9-7(10)11-8(2,3)4;1-5-2-3-6(7)4-8-5;1-3-6-4-2-5-1/h4-11,17-18H,2-3,12-16H2,1H3,(H,30,35);4-11,13-14H,2-3,12H2,1H3,(H,27,31);1-7H;7-8,10H,5-6,9H2,1-4H3,(H,15,17);4-5,7H,2-3,6,10H2,1H3;5H,1,6H2,2-4H3,(H,9,10);2-4H,1H3;5H,1-4H2. The number of hydrogen-bond donors (Lipinski definition) is 6. The fraction of sp³-hybridized carbons (Fsp3) is 0.315. The van der Waals surface area contributed by atoms with E-state index in [2.05, 4.69) is 123 Å². The summed E-state index contributed by atoms with van der Waals surface area (Å²) in [7, 11) is 0. The maximum atomic E-state index is 13.6. The van der Waals surface area contributed by atoms with Crippen LogP contribution < -0.4 is 37.2 Å². The smallest absolute Gasteiger partial charge is 0.407 e. The van der Waals surface area contributed by atoms with Gasteiger partial charge >= 0.3 is 12.2 Å². The molecule has 0 spiro atoms. The van der Waals surface area contributed by atoms with E-state index in [0.717, 1.165) is 140 Å². The van der Waals surface area contributed by atoms with Crippen molar-refractivity contribution in [3.63, 3.8) is 0 Å². The summed E-state index contributed by atoms with van der Waals surface area (Å²) >= 11 is 21.1. The number of benzene rings is 6. The van der Waals surface area contributed by atoms with Crippen molar-refractivity contribution < 1.29 is 56.1 Å². The molecule has 0 unspecified atom stereocenters. The van der Waals surface area contributed by atoms with Crippen molar-refractivity contribution in [1.29, 1.82) is 0 Å². The molecule has 0 bridgehead atoms. The molecule has 16 rings (SSSR count). The van der Waals surface area contributed by atoms with Crippen molar-refractivity contribution in [2.24, 2.45) is 5.73 Å². The molecule has 10 heterocycles. The molecular weight excluding hydrogens is 1940 g/mol. The highest BCUT2D eigenvalue weighted by Crippen LogP contribution is 2.33. The molecular formula is C108H121BrCl3F3N18O9. The minimum absolute atomic E-state index is 0.152. The summed E-state index contributed by atoms with van der Waals surface area (Å²) in [5.41, 5.74) is 22.8. The number of halogens is 7. The summed E-state index contributed by atoms with van der Waals surface area (Å²) in [4.78, 5) is 109. The zero-order chi connectivity index (χ0) is 103. The Labute approximate surface area is 850 Å². The van der Waals surface area contributed by atoms with Crippen LogP contribution in [0.1, 0.15) is 149 Å². The minimum Gasteiger partial charge on any atom is -0.444 e. The number of aryl methyl sites for hydroxylation is 9. The number of aromatic nitrogens is 11. The molecule has 0 atom stereocenters. The van der Waals surface area contributed by atoms with Crippen molar-refractivity contribution >= 4 is 119 Å². The van der Waals surface area contributed by atoms with E-state index < -0.39 is 22.5 Å². The molecule has 4 amide bonds. The van der Waals surface area contributed by atoms with Crippen molar-refractivity contribution in [3.8, 4) is 33.8 Å². The molecule has 7 N–H and O–H groups in total. The highest BCUT2D eigenvalue weighted by atomic mass is 79.9. The number of ether oxygens (including phenoxy) is 4. The first-order chi connectivity index (χ1) is 68.0. The Morgan fingerprint density at radius 1 is 0.437 bits per heavy atom. The number of alkyl carbamates (subject to hydrolysis) is 2. The average molecular weight is 2060 g/mol. The molecule has 0 saturated carbocycles. The lowest BCUT2D eigenvalue weighted by atomic mass is 10.1. The van der Waals surface area contributed by atoms with Gasteiger partial charge in [-0.2, -0.15) is 0 Å². The van der Waals surface area contributed by atoms with Gasteiger partial charge < -0.3 is 56.2 Å². The fourth-order valence-corrected chi connectivity index (χ4v) is 14.0. The Morgan fingerprint density at radius 2 is 0.782 bits per heavy atom. The number of nitrogens with one attached hydrogen (secondary N) is 5. The molecule has 34 heteroatoms. The number of amides is 4. The van der Waals surface area contributed by atoms with Crippen molar-refractivity contribution in [1.82, 2.24) is 81.4 Å². The van der Waals surface area contributed by atoms with Crippen LogP contribution >= 0.6 is 50.7 Å². The predicted molar refractivity (Wildman–Crippen MR) is 560 cm³/mol. The number of carbonyl (C=O) groups excluding carboxylic acids is 5. The number of fused-ring (bicyclic) bond motifs is 3. The van der Waals surface area contributed by atoms with Crippen molar-refractivity contribution in [2.75, 3.05) is 90.2 Å². The third kappa shape index (κ3) is 40.4. The van der Waals surface area contributed by atoms with E-state index in [0.29, 0.717) is 130 Å². The van der Waals surface area contributed by atoms with E-state index in [1.807, 2.05) is 143 Å². The highest BCUT2D eigenvalue weighted by Gasteiger charge is 2.23. The Hall–Kier alpha value is -13.2. The van der Waals surface area contributed by atoms with E-state index in [9.17, 15) is 37.1 Å². The first-order valence-electron chi connectivity index (χ1n) is 46.4. The molecule has 746 valence electrons. The molecule has 0 aliphatic carbocycles. The fourth-order valence-electron chi connectivity index (χ4n) is 13.2. The van der Waals surface area contributed by atoms with Gasteiger partial charge in [-0.3, -0.25) is 39.3 Å². The third-order valence-corrected chi connectivity index (χ3v) is 21.8. The van der Waals surface area contributed by atoms with E-state index in [1.165, 1.54) is 47.5 Å². The minimum atomic E-state index is -0.572. The van der Waals surface area contributed by atoms with Gasteiger partial charge in [0.1, 0.15) is 45.7 Å². The van der Waals surface area contributed by atoms with Crippen LogP contribution in [0.15, 0.2) is 236 Å². The second-order valence-electron chi connectivity index (χ2n) is 34.7. The lowest BCUT2D eigenvalue weighted by Crippen LogP contribution is -2.37. The first kappa shape index (κ1) is 112. The summed E-state index contributed by atoms with van der Waals surface area (Å²) < 4.78 is 61.4. The van der Waals surface area contributed by atoms with Gasteiger partial charge in [-0.15, -0.1) is 6.58 Å². The largest absolute Gasteiger partial charge is 0.444 e. The Bertz CT molecular complexity index is 6340. The first-order valence-corrected chi connectivity index (χ1v) is 48.4. The van der Waals surface area contributed by atoms with Crippen molar-refractivity contribution in [2.45, 2.75) is 139 Å². The number of anilines is 1. The quantitative estimate of drug-likeness (QED) is 0.0186. The van der Waals surface area contributed by atoms with Crippen LogP contribution in [0.2, 0.25) is 10.3 Å². The zero-order valence-electron chi connectivity index (χ0n) is 81.7. The van der Waals surface area contributed by atoms with Crippen LogP contribution in [-0.2, 0) is 44.6 Å². The van der Waals surface area contributed by atoms with Gasteiger partial charge in [0.25, 0.3) is 17.1 Å². The van der Waals surface area contributed by atoms with Gasteiger partial charge in [0.15, 0.2) is 16.1 Å². The Kier molecular flexibility index (Phi) is 46.1. The third-order valence-electron chi connectivity index (χ3n) is 20.5. The summed E-state index contributed by atoms with van der Waals surface area (Å²) in [5, 5.41) is 14.2. The van der Waals surface area contributed by atoms with Crippen LogP contribution in [0.25, 0.3) is 66.9 Å². The van der Waals surface area contributed by atoms with Gasteiger partial charge in [-0.25, -0.2) is 52.7 Å². The molecule has 2 aliphatic rings. The van der Waals surface area contributed by atoms with Crippen LogP contribution in [0.4, 0.5) is 28.6 Å². The highest BCUT2D eigenvalue weighted by molar-refractivity contribution is 9.10. The average Bonchev–Trinajstić information content (AvgIpc) is 0.779. The molecule has 2 aliphatic heterocycles. The van der Waals surface area contributed by atoms with Crippen LogP contribution in [0.3, 0.4) is 0 Å².